The molecule has 0 fully saturated rings. The largest absolute Gasteiger partial charge is 0.454 e. The molecule has 1 spiro atoms. The van der Waals surface area contributed by atoms with Crippen LogP contribution in [0.2, 0.25) is 0 Å². The number of hydrogen-bond donors (Lipinski definition) is 0. The summed E-state index contributed by atoms with van der Waals surface area (Å²) in [5.41, 5.74) is 22.6. The molecule has 0 saturated carbocycles. The molecule has 14 aromatic carbocycles. The standard InChI is InChI=1S/C86H66N4O/c1-84(2,3)57-37-43-59(44-38-57)88(61-41-35-55-33-31-53-19-8-10-21-64(53)68(55)49-61)63-47-48-66-72(51-63)86(70-24-13-14-26-74(70)90-76-28-16-15-27-75(76)87(7)77-29-18-25-71(86)82(77)90)73-52-78(83-81(80(66)73)67-23-12-17-30-79(67)91-83)89(60-45-39-58(40-46-60)85(4,5)6)62-42-36-56-34-32-54-20-9-11-22-65(54)69(56)50-62/h8-52H,1-7H3. The molecular formula is C86H66N4O. The molecule has 0 amide bonds. The molecule has 2 aliphatic heterocycles. The normalized spacial score (nSPS) is 14.8. The highest BCUT2D eigenvalue weighted by atomic mass is 16.3. The third-order valence-electron chi connectivity index (χ3n) is 20.2. The summed E-state index contributed by atoms with van der Waals surface area (Å²) in [7, 11) is 2.23. The van der Waals surface area contributed by atoms with Crippen LogP contribution in [0.15, 0.2) is 277 Å². The predicted molar refractivity (Wildman–Crippen MR) is 384 cm³/mol. The van der Waals surface area contributed by atoms with Gasteiger partial charge in [-0.1, -0.05) is 217 Å². The van der Waals surface area contributed by atoms with Crippen LogP contribution < -0.4 is 19.6 Å². The monoisotopic (exact) mass is 1170 g/mol. The van der Waals surface area contributed by atoms with Crippen molar-refractivity contribution in [1.29, 1.82) is 0 Å². The number of para-hydroxylation sites is 5. The number of furan rings is 1. The number of nitrogens with zero attached hydrogens (tertiary/aromatic N) is 4. The zero-order chi connectivity index (χ0) is 61.2. The molecule has 0 bridgehead atoms. The molecule has 436 valence electrons. The van der Waals surface area contributed by atoms with E-state index in [9.17, 15) is 0 Å². The molecule has 1 atom stereocenters. The Morgan fingerprint density at radius 2 is 0.824 bits per heavy atom. The fourth-order valence-corrected chi connectivity index (χ4v) is 15.8. The van der Waals surface area contributed by atoms with Gasteiger partial charge < -0.3 is 24.0 Å². The molecule has 18 rings (SSSR count). The summed E-state index contributed by atoms with van der Waals surface area (Å²) < 4.78 is 7.53. The summed E-state index contributed by atoms with van der Waals surface area (Å²) in [6.07, 6.45) is 0. The van der Waals surface area contributed by atoms with E-state index in [-0.39, 0.29) is 10.8 Å². The summed E-state index contributed by atoms with van der Waals surface area (Å²) >= 11 is 0. The van der Waals surface area contributed by atoms with Gasteiger partial charge >= 0.3 is 0 Å². The molecule has 1 unspecified atom stereocenters. The lowest BCUT2D eigenvalue weighted by Gasteiger charge is -2.49. The second-order valence-electron chi connectivity index (χ2n) is 27.3. The van der Waals surface area contributed by atoms with E-state index in [2.05, 4.69) is 341 Å². The van der Waals surface area contributed by atoms with Crippen molar-refractivity contribution in [2.45, 2.75) is 57.8 Å². The molecule has 0 saturated heterocycles. The van der Waals surface area contributed by atoms with Gasteiger partial charge in [0.2, 0.25) is 0 Å². The Morgan fingerprint density at radius 3 is 1.46 bits per heavy atom. The van der Waals surface area contributed by atoms with Crippen LogP contribution in [0.25, 0.3) is 76.2 Å². The number of hydrogen-bond acceptors (Lipinski definition) is 5. The second kappa shape index (κ2) is 19.3. The quantitative estimate of drug-likeness (QED) is 0.155. The Kier molecular flexibility index (Phi) is 11.3. The van der Waals surface area contributed by atoms with E-state index in [4.69, 9.17) is 4.42 Å². The first-order valence-corrected chi connectivity index (χ1v) is 32.0. The Hall–Kier alpha value is -10.9. The van der Waals surface area contributed by atoms with E-state index in [1.807, 2.05) is 0 Å². The minimum absolute atomic E-state index is 0.0296. The lowest BCUT2D eigenvalue weighted by Crippen LogP contribution is -2.38. The smallest absolute Gasteiger partial charge is 0.160 e. The summed E-state index contributed by atoms with van der Waals surface area (Å²) in [4.78, 5) is 9.94. The van der Waals surface area contributed by atoms with E-state index in [0.29, 0.717) is 0 Å². The zero-order valence-electron chi connectivity index (χ0n) is 52.2. The van der Waals surface area contributed by atoms with Gasteiger partial charge in [0, 0.05) is 46.3 Å². The number of fused-ring (bicyclic) bond motifs is 21. The van der Waals surface area contributed by atoms with Gasteiger partial charge in [0.05, 0.1) is 39.5 Å². The number of rotatable bonds is 6. The van der Waals surface area contributed by atoms with E-state index in [0.717, 1.165) is 78.8 Å². The van der Waals surface area contributed by atoms with Crippen LogP contribution in [0.4, 0.5) is 62.6 Å². The van der Waals surface area contributed by atoms with E-state index >= 15 is 0 Å². The van der Waals surface area contributed by atoms with Gasteiger partial charge in [-0.3, -0.25) is 0 Å². The number of anilines is 11. The molecule has 91 heavy (non-hydrogen) atoms. The minimum atomic E-state index is -0.893. The molecule has 5 heteroatoms. The van der Waals surface area contributed by atoms with E-state index in [1.54, 1.807) is 0 Å². The Labute approximate surface area is 530 Å². The first-order chi connectivity index (χ1) is 44.3. The van der Waals surface area contributed by atoms with Gasteiger partial charge in [0.15, 0.2) is 5.58 Å². The van der Waals surface area contributed by atoms with Crippen molar-refractivity contribution in [3.05, 3.63) is 306 Å². The summed E-state index contributed by atoms with van der Waals surface area (Å²) in [5, 5.41) is 11.9. The molecule has 1 aliphatic carbocycles. The van der Waals surface area contributed by atoms with Gasteiger partial charge in [-0.25, -0.2) is 0 Å². The molecule has 15 aromatic rings. The molecule has 5 nitrogen and oxygen atoms in total. The van der Waals surface area contributed by atoms with Gasteiger partial charge in [0.25, 0.3) is 0 Å². The van der Waals surface area contributed by atoms with Crippen molar-refractivity contribution in [2.24, 2.45) is 0 Å². The van der Waals surface area contributed by atoms with Crippen molar-refractivity contribution >= 4 is 128 Å². The van der Waals surface area contributed by atoms with E-state index < -0.39 is 5.41 Å². The SMILES string of the molecule is CN1c2ccccc2N2c3ccccc3C3(c4cc(N(c5ccc(C(C)(C)C)cc5)c5ccc6ccc7ccccc7c6c5)ccc4-c4c3cc(N(c3ccc(C(C)(C)C)cc3)c3ccc5ccc6ccccc6c5c3)c3oc5ccccc5c43)c3cccc1c32. The van der Waals surface area contributed by atoms with Crippen molar-refractivity contribution < 1.29 is 4.42 Å². The van der Waals surface area contributed by atoms with Crippen molar-refractivity contribution in [3.63, 3.8) is 0 Å². The molecule has 0 radical (unpaired) electrons. The first kappa shape index (κ1) is 53.2. The summed E-state index contributed by atoms with van der Waals surface area (Å²) in [6.45, 7) is 13.8. The Bertz CT molecular complexity index is 5550. The molecule has 3 heterocycles. The molecule has 0 N–H and O–H groups in total. The third-order valence-corrected chi connectivity index (χ3v) is 20.2. The predicted octanol–water partition coefficient (Wildman–Crippen LogP) is 24.0. The van der Waals surface area contributed by atoms with Gasteiger partial charge in [-0.15, -0.1) is 0 Å². The minimum Gasteiger partial charge on any atom is -0.454 e. The lowest BCUT2D eigenvalue weighted by atomic mass is 9.64. The van der Waals surface area contributed by atoms with Crippen molar-refractivity contribution in [2.75, 3.05) is 26.6 Å². The Balaban J connectivity index is 0.981. The van der Waals surface area contributed by atoms with Crippen LogP contribution >= 0.6 is 0 Å². The highest BCUT2D eigenvalue weighted by molar-refractivity contribution is 6.21. The van der Waals surface area contributed by atoms with Crippen LogP contribution in [0.1, 0.15) is 74.9 Å². The van der Waals surface area contributed by atoms with Crippen LogP contribution in [-0.4, -0.2) is 7.05 Å². The lowest BCUT2D eigenvalue weighted by molar-refractivity contribution is 0.590. The van der Waals surface area contributed by atoms with Gasteiger partial charge in [0.1, 0.15) is 5.58 Å². The van der Waals surface area contributed by atoms with Crippen LogP contribution in [-0.2, 0) is 16.2 Å². The average Bonchev–Trinajstić information content (AvgIpc) is 1.54. The molecule has 3 aliphatic rings. The summed E-state index contributed by atoms with van der Waals surface area (Å²) in [5.74, 6) is 0. The summed E-state index contributed by atoms with van der Waals surface area (Å²) in [6, 6.07) is 103. The zero-order valence-corrected chi connectivity index (χ0v) is 52.2. The van der Waals surface area contributed by atoms with Crippen molar-refractivity contribution in [1.82, 2.24) is 0 Å². The Morgan fingerprint density at radius 1 is 0.352 bits per heavy atom. The van der Waals surface area contributed by atoms with Gasteiger partial charge in [-0.05, 0) is 195 Å². The maximum Gasteiger partial charge on any atom is 0.160 e. The highest BCUT2D eigenvalue weighted by Crippen LogP contribution is 2.69. The van der Waals surface area contributed by atoms with Crippen molar-refractivity contribution in [3.8, 4) is 11.1 Å². The molecular weight excluding hydrogens is 1100 g/mol. The van der Waals surface area contributed by atoms with Crippen LogP contribution in [0.3, 0.4) is 0 Å². The second-order valence-corrected chi connectivity index (χ2v) is 27.3. The van der Waals surface area contributed by atoms with Crippen LogP contribution in [0, 0.1) is 0 Å². The first-order valence-electron chi connectivity index (χ1n) is 32.0. The topological polar surface area (TPSA) is 26.1 Å². The fourth-order valence-electron chi connectivity index (χ4n) is 15.8. The third kappa shape index (κ3) is 7.71. The number of benzene rings is 14. The van der Waals surface area contributed by atoms with Crippen LogP contribution in [0.5, 0.6) is 0 Å². The highest BCUT2D eigenvalue weighted by Gasteiger charge is 2.55. The average molecular weight is 1170 g/mol. The maximum atomic E-state index is 7.53. The fraction of sp³-hybridized carbons (Fsp3) is 0.116. The van der Waals surface area contributed by atoms with Gasteiger partial charge in [-0.2, -0.15) is 0 Å². The molecule has 1 aromatic heterocycles. The maximum absolute atomic E-state index is 7.53. The van der Waals surface area contributed by atoms with E-state index in [1.165, 1.54) is 93.3 Å².